The number of phenols is 1. The molecular weight excluding hydrogens is 369 g/mol. The van der Waals surface area contributed by atoms with Crippen LogP contribution in [0.3, 0.4) is 0 Å². The highest BCUT2D eigenvalue weighted by Crippen LogP contribution is 2.38. The summed E-state index contributed by atoms with van der Waals surface area (Å²) in [5.74, 6) is -0.458. The van der Waals surface area contributed by atoms with Crippen LogP contribution in [0.15, 0.2) is 30.5 Å². The number of likely N-dealkylation sites (N-methyl/N-ethyl adjacent to an activating group) is 1. The van der Waals surface area contributed by atoms with Crippen LogP contribution < -0.4 is 0 Å². The largest absolute Gasteiger partial charge is 0.507 e. The molecule has 1 aliphatic rings. The summed E-state index contributed by atoms with van der Waals surface area (Å²) in [6.07, 6.45) is -0.335. The standard InChI is InChI=1S/C20H21F3N4O/c1-12-15-7-9-27(14-4-3-8-26(2)11-14)19(15)25-24-18(12)16-6-5-13(10-17(16)28)20(21,22)23/h5-7,9-10,14,28H,3-4,8,11H2,1-2H3/t14-/m1/s1. The van der Waals surface area contributed by atoms with Crippen molar-refractivity contribution in [2.45, 2.75) is 32.0 Å². The fourth-order valence-corrected chi connectivity index (χ4v) is 3.96. The molecule has 0 aliphatic carbocycles. The van der Waals surface area contributed by atoms with Gasteiger partial charge in [0.1, 0.15) is 11.4 Å². The number of phenolic OH excluding ortho intramolecular Hbond substituents is 1. The lowest BCUT2D eigenvalue weighted by atomic mass is 10.0. The van der Waals surface area contributed by atoms with Crippen molar-refractivity contribution < 1.29 is 18.3 Å². The number of likely N-dealkylation sites (tertiary alicyclic amines) is 1. The lowest BCUT2D eigenvalue weighted by Gasteiger charge is -2.30. The van der Waals surface area contributed by atoms with Crippen molar-refractivity contribution in [2.75, 3.05) is 20.1 Å². The first-order valence-electron chi connectivity index (χ1n) is 9.18. The summed E-state index contributed by atoms with van der Waals surface area (Å²) >= 11 is 0. The summed E-state index contributed by atoms with van der Waals surface area (Å²) in [5, 5.41) is 19.7. The second-order valence-corrected chi connectivity index (χ2v) is 7.42. The Bertz CT molecular complexity index is 1030. The van der Waals surface area contributed by atoms with Crippen LogP contribution in [-0.2, 0) is 6.18 Å². The number of piperidine rings is 1. The lowest BCUT2D eigenvalue weighted by Crippen LogP contribution is -2.33. The molecule has 0 spiro atoms. The third kappa shape index (κ3) is 3.22. The van der Waals surface area contributed by atoms with Gasteiger partial charge in [-0.2, -0.15) is 13.2 Å². The number of aromatic hydroxyl groups is 1. The molecule has 4 rings (SSSR count). The van der Waals surface area contributed by atoms with E-state index in [0.717, 1.165) is 54.7 Å². The fraction of sp³-hybridized carbons (Fsp3) is 0.400. The van der Waals surface area contributed by atoms with Crippen molar-refractivity contribution in [3.05, 3.63) is 41.6 Å². The predicted octanol–water partition coefficient (Wildman–Crippen LogP) is 4.40. The van der Waals surface area contributed by atoms with Crippen molar-refractivity contribution in [3.8, 4) is 17.0 Å². The molecule has 8 heteroatoms. The van der Waals surface area contributed by atoms with Gasteiger partial charge >= 0.3 is 6.18 Å². The summed E-state index contributed by atoms with van der Waals surface area (Å²) in [4.78, 5) is 2.29. The number of benzene rings is 1. The van der Waals surface area contributed by atoms with Crippen molar-refractivity contribution in [1.82, 2.24) is 19.7 Å². The van der Waals surface area contributed by atoms with Gasteiger partial charge in [0, 0.05) is 29.7 Å². The summed E-state index contributed by atoms with van der Waals surface area (Å²) < 4.78 is 40.7. The number of alkyl halides is 3. The topological polar surface area (TPSA) is 54.2 Å². The van der Waals surface area contributed by atoms with Crippen LogP contribution in [-0.4, -0.2) is 44.9 Å². The van der Waals surface area contributed by atoms with Gasteiger partial charge in [-0.3, -0.25) is 0 Å². The maximum absolute atomic E-state index is 12.9. The second kappa shape index (κ2) is 6.77. The van der Waals surface area contributed by atoms with E-state index in [0.29, 0.717) is 11.7 Å². The smallest absolute Gasteiger partial charge is 0.416 e. The summed E-state index contributed by atoms with van der Waals surface area (Å²) in [5.41, 5.74) is 1.27. The van der Waals surface area contributed by atoms with Gasteiger partial charge in [-0.05, 0) is 63.2 Å². The number of hydrogen-bond acceptors (Lipinski definition) is 4. The highest BCUT2D eigenvalue weighted by Gasteiger charge is 2.31. The molecule has 3 heterocycles. The quantitative estimate of drug-likeness (QED) is 0.705. The van der Waals surface area contributed by atoms with Crippen LogP contribution in [0.5, 0.6) is 5.75 Å². The Morgan fingerprint density at radius 2 is 1.96 bits per heavy atom. The summed E-state index contributed by atoms with van der Waals surface area (Å²) in [6.45, 7) is 3.87. The molecular formula is C20H21F3N4O. The summed E-state index contributed by atoms with van der Waals surface area (Å²) in [7, 11) is 2.10. The molecule has 0 amide bonds. The van der Waals surface area contributed by atoms with Crippen molar-refractivity contribution >= 4 is 11.0 Å². The van der Waals surface area contributed by atoms with Crippen LogP contribution in [0.2, 0.25) is 0 Å². The number of nitrogens with zero attached hydrogens (tertiary/aromatic N) is 4. The van der Waals surface area contributed by atoms with Crippen molar-refractivity contribution in [3.63, 3.8) is 0 Å². The number of halogens is 3. The average molecular weight is 390 g/mol. The molecule has 1 N–H and O–H groups in total. The van der Waals surface area contributed by atoms with Crippen molar-refractivity contribution in [1.29, 1.82) is 0 Å². The second-order valence-electron chi connectivity index (χ2n) is 7.42. The maximum Gasteiger partial charge on any atom is 0.416 e. The zero-order valence-corrected chi connectivity index (χ0v) is 15.7. The third-order valence-electron chi connectivity index (χ3n) is 5.46. The summed E-state index contributed by atoms with van der Waals surface area (Å²) in [6, 6.07) is 5.19. The Balaban J connectivity index is 1.75. The van der Waals surface area contributed by atoms with Gasteiger partial charge in [0.2, 0.25) is 0 Å². The molecule has 1 aliphatic heterocycles. The molecule has 0 bridgehead atoms. The van der Waals surface area contributed by atoms with E-state index >= 15 is 0 Å². The molecule has 0 radical (unpaired) electrons. The molecule has 1 fully saturated rings. The van der Waals surface area contributed by atoms with Gasteiger partial charge in [0.05, 0.1) is 5.56 Å². The average Bonchev–Trinajstić information content (AvgIpc) is 3.07. The monoisotopic (exact) mass is 390 g/mol. The Kier molecular flexibility index (Phi) is 4.53. The van der Waals surface area contributed by atoms with E-state index in [4.69, 9.17) is 0 Å². The molecule has 1 atom stereocenters. The molecule has 28 heavy (non-hydrogen) atoms. The number of hydrogen-bond donors (Lipinski definition) is 1. The maximum atomic E-state index is 12.9. The van der Waals surface area contributed by atoms with Crippen molar-refractivity contribution in [2.24, 2.45) is 0 Å². The highest BCUT2D eigenvalue weighted by atomic mass is 19.4. The molecule has 0 unspecified atom stereocenters. The Morgan fingerprint density at radius 1 is 1.18 bits per heavy atom. The van der Waals surface area contributed by atoms with Crippen LogP contribution in [0.4, 0.5) is 13.2 Å². The number of rotatable bonds is 2. The fourth-order valence-electron chi connectivity index (χ4n) is 3.96. The van der Waals surface area contributed by atoms with Gasteiger partial charge in [0.15, 0.2) is 5.65 Å². The van der Waals surface area contributed by atoms with Crippen LogP contribution in [0.25, 0.3) is 22.3 Å². The molecule has 3 aromatic rings. The minimum absolute atomic E-state index is 0.241. The zero-order valence-electron chi connectivity index (χ0n) is 15.7. The van der Waals surface area contributed by atoms with Gasteiger partial charge in [-0.15, -0.1) is 10.2 Å². The normalized spacial score (nSPS) is 18.7. The molecule has 2 aromatic heterocycles. The molecule has 1 aromatic carbocycles. The molecule has 5 nitrogen and oxygen atoms in total. The first-order chi connectivity index (χ1) is 13.3. The minimum Gasteiger partial charge on any atom is -0.507 e. The van der Waals surface area contributed by atoms with Crippen LogP contribution >= 0.6 is 0 Å². The lowest BCUT2D eigenvalue weighted by molar-refractivity contribution is -0.137. The Morgan fingerprint density at radius 3 is 2.64 bits per heavy atom. The number of aromatic nitrogens is 3. The zero-order chi connectivity index (χ0) is 20.1. The predicted molar refractivity (Wildman–Crippen MR) is 100 cm³/mol. The van der Waals surface area contributed by atoms with Gasteiger partial charge in [-0.1, -0.05) is 0 Å². The number of aryl methyl sites for hydroxylation is 1. The van der Waals surface area contributed by atoms with E-state index in [1.54, 1.807) is 0 Å². The van der Waals surface area contributed by atoms with Gasteiger partial charge in [-0.25, -0.2) is 0 Å². The molecule has 1 saturated heterocycles. The molecule has 148 valence electrons. The Labute approximate surface area is 160 Å². The van der Waals surface area contributed by atoms with Crippen LogP contribution in [0, 0.1) is 6.92 Å². The van der Waals surface area contributed by atoms with E-state index in [1.165, 1.54) is 6.07 Å². The Hall–Kier alpha value is -2.61. The van der Waals surface area contributed by atoms with E-state index in [-0.39, 0.29) is 5.56 Å². The van der Waals surface area contributed by atoms with Gasteiger partial charge < -0.3 is 14.6 Å². The first-order valence-corrected chi connectivity index (χ1v) is 9.18. The van der Waals surface area contributed by atoms with E-state index in [1.807, 2.05) is 19.2 Å². The third-order valence-corrected chi connectivity index (χ3v) is 5.46. The number of fused-ring (bicyclic) bond motifs is 1. The van der Waals surface area contributed by atoms with E-state index in [9.17, 15) is 18.3 Å². The minimum atomic E-state index is -4.51. The van der Waals surface area contributed by atoms with E-state index in [2.05, 4.69) is 26.7 Å². The SMILES string of the molecule is Cc1c(-c2ccc(C(F)(F)F)cc2O)nnc2c1ccn2[C@@H]1CCCN(C)C1. The first kappa shape index (κ1) is 18.7. The van der Waals surface area contributed by atoms with Gasteiger partial charge in [0.25, 0.3) is 0 Å². The highest BCUT2D eigenvalue weighted by molar-refractivity contribution is 5.86. The van der Waals surface area contributed by atoms with E-state index < -0.39 is 17.5 Å². The van der Waals surface area contributed by atoms with Crippen LogP contribution in [0.1, 0.15) is 30.0 Å². The molecule has 0 saturated carbocycles.